The van der Waals surface area contributed by atoms with Crippen LogP contribution in [0.2, 0.25) is 0 Å². The van der Waals surface area contributed by atoms with Crippen LogP contribution in [0.3, 0.4) is 0 Å². The molecule has 0 saturated carbocycles. The van der Waals surface area contributed by atoms with Crippen LogP contribution in [0.1, 0.15) is 33.0 Å². The van der Waals surface area contributed by atoms with E-state index in [9.17, 15) is 14.4 Å². The van der Waals surface area contributed by atoms with Gasteiger partial charge in [-0.25, -0.2) is 0 Å². The van der Waals surface area contributed by atoms with E-state index in [-0.39, 0.29) is 11.7 Å². The Bertz CT molecular complexity index is 1730. The molecule has 6 heteroatoms. The van der Waals surface area contributed by atoms with Crippen LogP contribution in [0.25, 0.3) is 6.08 Å². The zero-order valence-electron chi connectivity index (χ0n) is 23.7. The van der Waals surface area contributed by atoms with Crippen molar-refractivity contribution in [3.8, 4) is 0 Å². The van der Waals surface area contributed by atoms with Gasteiger partial charge in [0.05, 0.1) is 0 Å². The fraction of sp³-hybridized carbons (Fsp3) is 0.0541. The highest BCUT2D eigenvalue weighted by Crippen LogP contribution is 2.26. The number of nitrogens with one attached hydrogen (secondary N) is 3. The molecule has 0 fully saturated rings. The van der Waals surface area contributed by atoms with E-state index in [0.29, 0.717) is 22.5 Å². The smallest absolute Gasteiger partial charge is 0.248 e. The van der Waals surface area contributed by atoms with Gasteiger partial charge in [0, 0.05) is 34.4 Å². The van der Waals surface area contributed by atoms with Gasteiger partial charge in [-0.3, -0.25) is 14.4 Å². The number of Topliss-reactive ketones (excluding diaryl/α,β-unsaturated/α-hetero) is 1. The Kier molecular flexibility index (Phi) is 9.19. The summed E-state index contributed by atoms with van der Waals surface area (Å²) in [5.41, 5.74) is 5.88. The molecule has 0 heterocycles. The summed E-state index contributed by atoms with van der Waals surface area (Å²) in [6.07, 6.45) is 3.26. The van der Waals surface area contributed by atoms with Gasteiger partial charge < -0.3 is 16.0 Å². The molecule has 0 bridgehead atoms. The standard InChI is InChI=1S/C37H31N3O3/c1-26-15-18-28(19-16-26)35(36(42)29-11-6-3-7-12-29)37(43)40-33-14-8-13-32(25-33)38-30-20-22-31(23-21-30)39-34(41)24-17-27-9-4-2-5-10-27/h2-25,35,38H,1H3,(H,39,41)(H,40,43)/b24-17+. The van der Waals surface area contributed by atoms with Crippen LogP contribution in [0, 0.1) is 6.92 Å². The molecule has 0 saturated heterocycles. The van der Waals surface area contributed by atoms with Crippen LogP contribution in [0.15, 0.2) is 140 Å². The second-order valence-electron chi connectivity index (χ2n) is 10.1. The first kappa shape index (κ1) is 28.8. The first-order valence-electron chi connectivity index (χ1n) is 13.9. The van der Waals surface area contributed by atoms with E-state index in [1.54, 1.807) is 42.5 Å². The predicted molar refractivity (Wildman–Crippen MR) is 174 cm³/mol. The van der Waals surface area contributed by atoms with E-state index >= 15 is 0 Å². The fourth-order valence-corrected chi connectivity index (χ4v) is 4.56. The number of hydrogen-bond donors (Lipinski definition) is 3. The number of hydrogen-bond acceptors (Lipinski definition) is 4. The van der Waals surface area contributed by atoms with Crippen LogP contribution in [0.5, 0.6) is 0 Å². The Labute approximate surface area is 251 Å². The largest absolute Gasteiger partial charge is 0.355 e. The highest BCUT2D eigenvalue weighted by atomic mass is 16.2. The van der Waals surface area contributed by atoms with Crippen molar-refractivity contribution in [3.63, 3.8) is 0 Å². The Morgan fingerprint density at radius 3 is 1.93 bits per heavy atom. The summed E-state index contributed by atoms with van der Waals surface area (Å²) in [6, 6.07) is 40.5. The maximum absolute atomic E-state index is 13.5. The van der Waals surface area contributed by atoms with Crippen molar-refractivity contribution in [2.24, 2.45) is 0 Å². The van der Waals surface area contributed by atoms with E-state index in [4.69, 9.17) is 0 Å². The Morgan fingerprint density at radius 1 is 0.605 bits per heavy atom. The third-order valence-electron chi connectivity index (χ3n) is 6.79. The molecule has 0 radical (unpaired) electrons. The lowest BCUT2D eigenvalue weighted by Gasteiger charge is -2.17. The molecule has 0 spiro atoms. The molecule has 212 valence electrons. The van der Waals surface area contributed by atoms with E-state index in [1.807, 2.05) is 104 Å². The molecule has 1 unspecified atom stereocenters. The fourth-order valence-electron chi connectivity index (χ4n) is 4.56. The molecule has 0 aromatic heterocycles. The Morgan fingerprint density at radius 2 is 1.23 bits per heavy atom. The predicted octanol–water partition coefficient (Wildman–Crippen LogP) is 8.00. The van der Waals surface area contributed by atoms with Crippen LogP contribution in [-0.2, 0) is 9.59 Å². The number of amides is 2. The number of aryl methyl sites for hydroxylation is 1. The number of carbonyl (C=O) groups excluding carboxylic acids is 3. The summed E-state index contributed by atoms with van der Waals surface area (Å²) in [6.45, 7) is 1.96. The minimum Gasteiger partial charge on any atom is -0.355 e. The van der Waals surface area contributed by atoms with E-state index in [2.05, 4.69) is 16.0 Å². The summed E-state index contributed by atoms with van der Waals surface area (Å²) in [5, 5.41) is 9.10. The van der Waals surface area contributed by atoms with Crippen molar-refractivity contribution in [2.45, 2.75) is 12.8 Å². The van der Waals surface area contributed by atoms with Crippen LogP contribution >= 0.6 is 0 Å². The summed E-state index contributed by atoms with van der Waals surface area (Å²) >= 11 is 0. The zero-order valence-corrected chi connectivity index (χ0v) is 23.7. The van der Waals surface area contributed by atoms with Gasteiger partial charge in [-0.1, -0.05) is 96.6 Å². The molecular weight excluding hydrogens is 534 g/mol. The molecule has 2 amide bonds. The van der Waals surface area contributed by atoms with E-state index in [0.717, 1.165) is 22.5 Å². The number of carbonyl (C=O) groups is 3. The second kappa shape index (κ2) is 13.7. The first-order valence-corrected chi connectivity index (χ1v) is 13.9. The number of rotatable bonds is 10. The quantitative estimate of drug-likeness (QED) is 0.0910. The van der Waals surface area contributed by atoms with E-state index < -0.39 is 11.8 Å². The van der Waals surface area contributed by atoms with Crippen LogP contribution in [-0.4, -0.2) is 17.6 Å². The number of anilines is 4. The van der Waals surface area contributed by atoms with Gasteiger partial charge in [-0.15, -0.1) is 0 Å². The molecule has 3 N–H and O–H groups in total. The van der Waals surface area contributed by atoms with Crippen LogP contribution < -0.4 is 16.0 Å². The SMILES string of the molecule is Cc1ccc(C(C(=O)Nc2cccc(Nc3ccc(NC(=O)/C=C/c4ccccc4)cc3)c2)C(=O)c2ccccc2)cc1. The minimum atomic E-state index is -0.995. The molecule has 1 atom stereocenters. The van der Waals surface area contributed by atoms with Crippen LogP contribution in [0.4, 0.5) is 22.7 Å². The van der Waals surface area contributed by atoms with Crippen molar-refractivity contribution in [1.29, 1.82) is 0 Å². The monoisotopic (exact) mass is 565 g/mol. The molecule has 0 aliphatic carbocycles. The minimum absolute atomic E-state index is 0.220. The summed E-state index contributed by atoms with van der Waals surface area (Å²) in [7, 11) is 0. The second-order valence-corrected chi connectivity index (χ2v) is 10.1. The first-order chi connectivity index (χ1) is 20.9. The summed E-state index contributed by atoms with van der Waals surface area (Å²) in [4.78, 5) is 39.3. The summed E-state index contributed by atoms with van der Waals surface area (Å²) in [5.74, 6) is -1.89. The average molecular weight is 566 g/mol. The third kappa shape index (κ3) is 7.93. The van der Waals surface area contributed by atoms with Gasteiger partial charge in [0.25, 0.3) is 0 Å². The highest BCUT2D eigenvalue weighted by molar-refractivity contribution is 6.17. The Balaban J connectivity index is 1.25. The van der Waals surface area contributed by atoms with Gasteiger partial charge >= 0.3 is 0 Å². The van der Waals surface area contributed by atoms with Crippen molar-refractivity contribution in [3.05, 3.63) is 162 Å². The molecule has 6 nitrogen and oxygen atoms in total. The lowest BCUT2D eigenvalue weighted by Crippen LogP contribution is -2.28. The Hall–Kier alpha value is -5.75. The van der Waals surface area contributed by atoms with Crippen molar-refractivity contribution < 1.29 is 14.4 Å². The normalized spacial score (nSPS) is 11.5. The van der Waals surface area contributed by atoms with Gasteiger partial charge in [0.2, 0.25) is 11.8 Å². The molecule has 43 heavy (non-hydrogen) atoms. The van der Waals surface area contributed by atoms with Gasteiger partial charge in [-0.2, -0.15) is 0 Å². The van der Waals surface area contributed by atoms with Gasteiger partial charge in [-0.05, 0) is 66.6 Å². The molecule has 0 aliphatic heterocycles. The summed E-state index contributed by atoms with van der Waals surface area (Å²) < 4.78 is 0. The number of ketones is 1. The molecule has 0 aliphatic rings. The molecule has 5 aromatic carbocycles. The third-order valence-corrected chi connectivity index (χ3v) is 6.79. The number of benzene rings is 5. The topological polar surface area (TPSA) is 87.3 Å². The average Bonchev–Trinajstić information content (AvgIpc) is 3.03. The van der Waals surface area contributed by atoms with Crippen molar-refractivity contribution >= 4 is 46.4 Å². The van der Waals surface area contributed by atoms with E-state index in [1.165, 1.54) is 6.08 Å². The zero-order chi connectivity index (χ0) is 30.0. The maximum atomic E-state index is 13.5. The molecule has 5 aromatic rings. The van der Waals surface area contributed by atoms with Gasteiger partial charge in [0.1, 0.15) is 5.92 Å². The van der Waals surface area contributed by atoms with Crippen molar-refractivity contribution in [2.75, 3.05) is 16.0 Å². The lowest BCUT2D eigenvalue weighted by atomic mass is 9.89. The molecular formula is C37H31N3O3. The highest BCUT2D eigenvalue weighted by Gasteiger charge is 2.29. The van der Waals surface area contributed by atoms with Gasteiger partial charge in [0.15, 0.2) is 5.78 Å². The lowest BCUT2D eigenvalue weighted by molar-refractivity contribution is -0.116. The van der Waals surface area contributed by atoms with Crippen molar-refractivity contribution in [1.82, 2.24) is 0 Å². The molecule has 5 rings (SSSR count). The maximum Gasteiger partial charge on any atom is 0.248 e.